The number of hydrogen-bond donors (Lipinski definition) is 1. The molecule has 0 atom stereocenters. The van der Waals surface area contributed by atoms with Gasteiger partial charge in [-0.25, -0.2) is 9.37 Å². The predicted molar refractivity (Wildman–Crippen MR) is 71.0 cm³/mol. The summed E-state index contributed by atoms with van der Waals surface area (Å²) < 4.78 is 13.6. The molecule has 0 saturated heterocycles. The lowest BCUT2D eigenvalue weighted by molar-refractivity contribution is 0.102. The standard InChI is InChI=1S/C13H10BrFN2O/c1-8-4-5-16-12(6-8)17-13(18)9-2-3-10(14)11(15)7-9/h2-7H,1H3,(H,16,17,18). The third kappa shape index (κ3) is 2.92. The summed E-state index contributed by atoms with van der Waals surface area (Å²) in [4.78, 5) is 15.9. The van der Waals surface area contributed by atoms with Gasteiger partial charge < -0.3 is 5.32 Å². The Morgan fingerprint density at radius 1 is 1.33 bits per heavy atom. The molecular weight excluding hydrogens is 299 g/mol. The first-order valence-corrected chi connectivity index (χ1v) is 6.04. The molecule has 1 aromatic heterocycles. The number of nitrogens with zero attached hydrogens (tertiary/aromatic N) is 1. The molecule has 2 aromatic rings. The van der Waals surface area contributed by atoms with E-state index in [1.54, 1.807) is 12.3 Å². The molecule has 0 unspecified atom stereocenters. The Kier molecular flexibility index (Phi) is 3.72. The van der Waals surface area contributed by atoms with Crippen molar-refractivity contribution in [3.63, 3.8) is 0 Å². The topological polar surface area (TPSA) is 42.0 Å². The minimum Gasteiger partial charge on any atom is -0.307 e. The Hall–Kier alpha value is -1.75. The highest BCUT2D eigenvalue weighted by atomic mass is 79.9. The van der Waals surface area contributed by atoms with Crippen LogP contribution in [0.5, 0.6) is 0 Å². The van der Waals surface area contributed by atoms with Crippen LogP contribution in [0.4, 0.5) is 10.2 Å². The van der Waals surface area contributed by atoms with E-state index in [2.05, 4.69) is 26.2 Å². The summed E-state index contributed by atoms with van der Waals surface area (Å²) in [6, 6.07) is 7.78. The largest absolute Gasteiger partial charge is 0.307 e. The van der Waals surface area contributed by atoms with Gasteiger partial charge in [0.1, 0.15) is 11.6 Å². The molecule has 1 aromatic carbocycles. The quantitative estimate of drug-likeness (QED) is 0.922. The zero-order valence-corrected chi connectivity index (χ0v) is 11.2. The van der Waals surface area contributed by atoms with Gasteiger partial charge in [0.25, 0.3) is 5.91 Å². The SMILES string of the molecule is Cc1ccnc(NC(=O)c2ccc(Br)c(F)c2)c1. The molecule has 92 valence electrons. The number of nitrogens with one attached hydrogen (secondary N) is 1. The molecule has 0 aliphatic heterocycles. The van der Waals surface area contributed by atoms with Gasteiger partial charge in [-0.3, -0.25) is 4.79 Å². The molecule has 2 rings (SSSR count). The maximum absolute atomic E-state index is 13.3. The number of aromatic nitrogens is 1. The van der Waals surface area contributed by atoms with Gasteiger partial charge in [-0.15, -0.1) is 0 Å². The number of benzene rings is 1. The molecule has 1 heterocycles. The monoisotopic (exact) mass is 308 g/mol. The maximum atomic E-state index is 13.3. The molecule has 0 aliphatic carbocycles. The maximum Gasteiger partial charge on any atom is 0.256 e. The van der Waals surface area contributed by atoms with Crippen LogP contribution < -0.4 is 5.32 Å². The fraction of sp³-hybridized carbons (Fsp3) is 0.0769. The number of hydrogen-bond acceptors (Lipinski definition) is 2. The van der Waals surface area contributed by atoms with Crippen LogP contribution >= 0.6 is 15.9 Å². The predicted octanol–water partition coefficient (Wildman–Crippen LogP) is 3.54. The molecular formula is C13H10BrFN2O. The lowest BCUT2D eigenvalue weighted by Crippen LogP contribution is -2.13. The van der Waals surface area contributed by atoms with E-state index in [0.717, 1.165) is 5.56 Å². The molecule has 0 radical (unpaired) electrons. The summed E-state index contributed by atoms with van der Waals surface area (Å²) in [6.07, 6.45) is 1.60. The highest BCUT2D eigenvalue weighted by molar-refractivity contribution is 9.10. The number of anilines is 1. The van der Waals surface area contributed by atoms with Crippen molar-refractivity contribution in [2.24, 2.45) is 0 Å². The molecule has 0 aliphatic rings. The smallest absolute Gasteiger partial charge is 0.256 e. The second-order valence-corrected chi connectivity index (χ2v) is 4.66. The average molecular weight is 309 g/mol. The second kappa shape index (κ2) is 5.27. The molecule has 1 amide bonds. The third-order valence-corrected chi connectivity index (χ3v) is 2.98. The molecule has 0 bridgehead atoms. The summed E-state index contributed by atoms with van der Waals surface area (Å²) in [7, 11) is 0. The zero-order valence-electron chi connectivity index (χ0n) is 9.58. The van der Waals surface area contributed by atoms with Crippen molar-refractivity contribution in [1.82, 2.24) is 4.98 Å². The van der Waals surface area contributed by atoms with Crippen LogP contribution in [0.2, 0.25) is 0 Å². The van der Waals surface area contributed by atoms with Crippen molar-refractivity contribution in [2.75, 3.05) is 5.32 Å². The number of carbonyl (C=O) groups is 1. The highest BCUT2D eigenvalue weighted by Gasteiger charge is 2.09. The van der Waals surface area contributed by atoms with Gasteiger partial charge in [0.05, 0.1) is 4.47 Å². The van der Waals surface area contributed by atoms with Crippen LogP contribution in [-0.4, -0.2) is 10.9 Å². The lowest BCUT2D eigenvalue weighted by Gasteiger charge is -2.05. The number of rotatable bonds is 2. The fourth-order valence-electron chi connectivity index (χ4n) is 1.43. The first kappa shape index (κ1) is 12.7. The van der Waals surface area contributed by atoms with Gasteiger partial charge in [0, 0.05) is 11.8 Å². The number of pyridine rings is 1. The van der Waals surface area contributed by atoms with Crippen molar-refractivity contribution < 1.29 is 9.18 Å². The van der Waals surface area contributed by atoms with Crippen molar-refractivity contribution in [3.05, 3.63) is 57.9 Å². The van der Waals surface area contributed by atoms with Crippen LogP contribution in [0.1, 0.15) is 15.9 Å². The second-order valence-electron chi connectivity index (χ2n) is 3.80. The Bertz CT molecular complexity index is 601. The van der Waals surface area contributed by atoms with Crippen LogP contribution in [0.25, 0.3) is 0 Å². The normalized spacial score (nSPS) is 10.2. The van der Waals surface area contributed by atoms with Gasteiger partial charge in [-0.2, -0.15) is 0 Å². The molecule has 0 fully saturated rings. The van der Waals surface area contributed by atoms with Crippen molar-refractivity contribution in [2.45, 2.75) is 6.92 Å². The molecule has 3 nitrogen and oxygen atoms in total. The van der Waals surface area contributed by atoms with Gasteiger partial charge in [0.15, 0.2) is 0 Å². The average Bonchev–Trinajstić information content (AvgIpc) is 2.32. The summed E-state index contributed by atoms with van der Waals surface area (Å²) >= 11 is 3.04. The molecule has 1 N–H and O–H groups in total. The first-order chi connectivity index (χ1) is 8.56. The Balaban J connectivity index is 2.19. The van der Waals surface area contributed by atoms with E-state index < -0.39 is 5.82 Å². The van der Waals surface area contributed by atoms with Crippen molar-refractivity contribution >= 4 is 27.7 Å². The molecule has 0 saturated carbocycles. The van der Waals surface area contributed by atoms with Crippen molar-refractivity contribution in [1.29, 1.82) is 0 Å². The van der Waals surface area contributed by atoms with E-state index in [1.165, 1.54) is 18.2 Å². The van der Waals surface area contributed by atoms with Gasteiger partial charge in [-0.05, 0) is 58.7 Å². The highest BCUT2D eigenvalue weighted by Crippen LogP contribution is 2.17. The Morgan fingerprint density at radius 2 is 2.11 bits per heavy atom. The minimum atomic E-state index is -0.472. The van der Waals surface area contributed by atoms with E-state index in [0.29, 0.717) is 10.3 Å². The summed E-state index contributed by atoms with van der Waals surface area (Å²) in [6.45, 7) is 1.90. The molecule has 0 spiro atoms. The van der Waals surface area contributed by atoms with Crippen molar-refractivity contribution in [3.8, 4) is 0 Å². The number of amides is 1. The molecule has 5 heteroatoms. The first-order valence-electron chi connectivity index (χ1n) is 5.25. The van der Waals surface area contributed by atoms with Gasteiger partial charge in [0.2, 0.25) is 0 Å². The number of halogens is 2. The van der Waals surface area contributed by atoms with E-state index in [9.17, 15) is 9.18 Å². The van der Waals surface area contributed by atoms with Crippen LogP contribution in [0.15, 0.2) is 41.0 Å². The van der Waals surface area contributed by atoms with E-state index in [1.807, 2.05) is 13.0 Å². The summed E-state index contributed by atoms with van der Waals surface area (Å²) in [5.74, 6) is -0.414. The van der Waals surface area contributed by atoms with E-state index >= 15 is 0 Å². The minimum absolute atomic E-state index is 0.249. The summed E-state index contributed by atoms with van der Waals surface area (Å²) in [5, 5.41) is 2.61. The van der Waals surface area contributed by atoms with E-state index in [-0.39, 0.29) is 11.5 Å². The Morgan fingerprint density at radius 3 is 2.78 bits per heavy atom. The van der Waals surface area contributed by atoms with Crippen LogP contribution in [0, 0.1) is 12.7 Å². The Labute approximate surface area is 112 Å². The van der Waals surface area contributed by atoms with Crippen LogP contribution in [-0.2, 0) is 0 Å². The zero-order chi connectivity index (χ0) is 13.1. The summed E-state index contributed by atoms with van der Waals surface area (Å²) in [5.41, 5.74) is 1.24. The number of carbonyl (C=O) groups excluding carboxylic acids is 1. The van der Waals surface area contributed by atoms with E-state index in [4.69, 9.17) is 0 Å². The van der Waals surface area contributed by atoms with Gasteiger partial charge >= 0.3 is 0 Å². The van der Waals surface area contributed by atoms with Crippen LogP contribution in [0.3, 0.4) is 0 Å². The fourth-order valence-corrected chi connectivity index (χ4v) is 1.68. The van der Waals surface area contributed by atoms with Gasteiger partial charge in [-0.1, -0.05) is 0 Å². The number of aryl methyl sites for hydroxylation is 1. The molecule has 18 heavy (non-hydrogen) atoms. The third-order valence-electron chi connectivity index (χ3n) is 2.34. The lowest BCUT2D eigenvalue weighted by atomic mass is 10.2.